The van der Waals surface area contributed by atoms with Gasteiger partial charge >= 0.3 is 11.9 Å². The average molecular weight is 380 g/mol. The van der Waals surface area contributed by atoms with E-state index < -0.39 is 24.0 Å². The molecular formula is C21H32O6. The molecule has 0 radical (unpaired) electrons. The van der Waals surface area contributed by atoms with Gasteiger partial charge in [-0.15, -0.1) is 0 Å². The van der Waals surface area contributed by atoms with Crippen LogP contribution in [0.5, 0.6) is 0 Å². The summed E-state index contributed by atoms with van der Waals surface area (Å²) in [6.07, 6.45) is 4.13. The number of esters is 1. The highest BCUT2D eigenvalue weighted by Gasteiger charge is 2.54. The van der Waals surface area contributed by atoms with Gasteiger partial charge in [-0.3, -0.25) is 4.79 Å². The van der Waals surface area contributed by atoms with Crippen molar-refractivity contribution in [1.82, 2.24) is 0 Å². The monoisotopic (exact) mass is 380 g/mol. The van der Waals surface area contributed by atoms with E-state index in [9.17, 15) is 19.8 Å². The average Bonchev–Trinajstić information content (AvgIpc) is 3.02. The number of ether oxygens (including phenoxy) is 2. The fraction of sp³-hybridized carbons (Fsp3) is 0.810. The summed E-state index contributed by atoms with van der Waals surface area (Å²) in [6.45, 7) is 9.32. The highest BCUT2D eigenvalue weighted by atomic mass is 16.6. The molecule has 6 atom stereocenters. The van der Waals surface area contributed by atoms with Gasteiger partial charge in [0.05, 0.1) is 19.1 Å². The van der Waals surface area contributed by atoms with E-state index in [0.29, 0.717) is 12.3 Å². The van der Waals surface area contributed by atoms with Crippen LogP contribution in [0.15, 0.2) is 12.2 Å². The first-order valence-corrected chi connectivity index (χ1v) is 10.0. The maximum atomic E-state index is 11.8. The van der Waals surface area contributed by atoms with Crippen molar-refractivity contribution in [2.24, 2.45) is 28.6 Å². The van der Waals surface area contributed by atoms with Gasteiger partial charge in [-0.25, -0.2) is 4.79 Å². The minimum absolute atomic E-state index is 0.0294. The van der Waals surface area contributed by atoms with Crippen molar-refractivity contribution in [3.05, 3.63) is 12.2 Å². The Morgan fingerprint density at radius 1 is 1.37 bits per heavy atom. The lowest BCUT2D eigenvalue weighted by Crippen LogP contribution is -2.53. The third-order valence-corrected chi connectivity index (χ3v) is 7.53. The van der Waals surface area contributed by atoms with Crippen LogP contribution >= 0.6 is 0 Å². The van der Waals surface area contributed by atoms with E-state index >= 15 is 0 Å². The number of carboxylic acid groups (broad SMARTS) is 1. The quantitative estimate of drug-likeness (QED) is 0.544. The number of carboxylic acids is 1. The molecule has 3 rings (SSSR count). The van der Waals surface area contributed by atoms with Crippen molar-refractivity contribution in [3.8, 4) is 0 Å². The lowest BCUT2D eigenvalue weighted by molar-refractivity contribution is -0.165. The third kappa shape index (κ3) is 3.54. The van der Waals surface area contributed by atoms with E-state index in [1.807, 2.05) is 0 Å². The van der Waals surface area contributed by atoms with E-state index in [1.54, 1.807) is 0 Å². The van der Waals surface area contributed by atoms with Gasteiger partial charge in [-0.1, -0.05) is 32.4 Å². The van der Waals surface area contributed by atoms with Gasteiger partial charge < -0.3 is 19.7 Å². The summed E-state index contributed by atoms with van der Waals surface area (Å²) >= 11 is 0. The Kier molecular flexibility index (Phi) is 5.69. The number of cyclic esters (lactones) is 1. The Hall–Kier alpha value is -1.40. The summed E-state index contributed by atoms with van der Waals surface area (Å²) in [4.78, 5) is 23.5. The third-order valence-electron chi connectivity index (χ3n) is 7.53. The number of carbonyl (C=O) groups excluding carboxylic acids is 1. The molecule has 0 amide bonds. The normalized spacial score (nSPS) is 40.3. The van der Waals surface area contributed by atoms with Crippen molar-refractivity contribution < 1.29 is 29.3 Å². The maximum absolute atomic E-state index is 11.8. The number of aliphatic hydroxyl groups excluding tert-OH is 1. The van der Waals surface area contributed by atoms with Crippen LogP contribution in [0.25, 0.3) is 0 Å². The molecule has 6 nitrogen and oxygen atoms in total. The van der Waals surface area contributed by atoms with Gasteiger partial charge in [0, 0.05) is 12.5 Å². The summed E-state index contributed by atoms with van der Waals surface area (Å²) in [5.74, 6) is -1.97. The Morgan fingerprint density at radius 2 is 2.11 bits per heavy atom. The molecule has 1 heterocycles. The SMILES string of the molecule is C=C1CCC2C(C)(CO)CCCC2(C)C1COC(C(=O)O)C1CCOC1=O. The van der Waals surface area contributed by atoms with Gasteiger partial charge in [0.1, 0.15) is 0 Å². The van der Waals surface area contributed by atoms with Gasteiger partial charge in [0.2, 0.25) is 0 Å². The number of aliphatic hydroxyl groups is 1. The summed E-state index contributed by atoms with van der Waals surface area (Å²) in [5.41, 5.74) is 0.895. The molecule has 2 N–H and O–H groups in total. The van der Waals surface area contributed by atoms with Crippen LogP contribution in [-0.4, -0.2) is 48.1 Å². The molecule has 3 fully saturated rings. The van der Waals surface area contributed by atoms with Gasteiger partial charge in [0.15, 0.2) is 6.10 Å². The standard InChI is InChI=1S/C21H32O6/c1-13-5-6-16-20(2,12-22)8-4-9-21(16,3)15(13)11-27-17(18(23)24)14-7-10-26-19(14)25/h14-17,22H,1,4-12H2,2-3H3,(H,23,24). The van der Waals surface area contributed by atoms with Crippen molar-refractivity contribution in [1.29, 1.82) is 0 Å². The lowest BCUT2D eigenvalue weighted by Gasteiger charge is -2.58. The largest absolute Gasteiger partial charge is 0.479 e. The van der Waals surface area contributed by atoms with Crippen molar-refractivity contribution in [2.45, 2.75) is 58.5 Å². The summed E-state index contributed by atoms with van der Waals surface area (Å²) in [5, 5.41) is 19.6. The van der Waals surface area contributed by atoms with E-state index in [1.165, 1.54) is 0 Å². The zero-order valence-electron chi connectivity index (χ0n) is 16.4. The smallest absolute Gasteiger partial charge is 0.333 e. The van der Waals surface area contributed by atoms with Crippen LogP contribution in [0.3, 0.4) is 0 Å². The molecule has 2 saturated carbocycles. The second-order valence-corrected chi connectivity index (χ2v) is 9.13. The van der Waals surface area contributed by atoms with Crippen molar-refractivity contribution >= 4 is 11.9 Å². The molecule has 0 spiro atoms. The lowest BCUT2D eigenvalue weighted by atomic mass is 9.47. The molecule has 1 saturated heterocycles. The molecule has 0 aromatic rings. The summed E-state index contributed by atoms with van der Waals surface area (Å²) in [6, 6.07) is 0. The van der Waals surface area contributed by atoms with Gasteiger partial charge in [0.25, 0.3) is 0 Å². The van der Waals surface area contributed by atoms with Crippen LogP contribution in [0.2, 0.25) is 0 Å². The van der Waals surface area contributed by atoms with Crippen molar-refractivity contribution in [2.75, 3.05) is 19.8 Å². The van der Waals surface area contributed by atoms with Crippen LogP contribution in [-0.2, 0) is 19.1 Å². The highest BCUT2D eigenvalue weighted by molar-refractivity contribution is 5.83. The van der Waals surface area contributed by atoms with Crippen LogP contribution < -0.4 is 0 Å². The Labute approximate surface area is 160 Å². The van der Waals surface area contributed by atoms with Crippen molar-refractivity contribution in [3.63, 3.8) is 0 Å². The molecule has 1 aliphatic heterocycles. The molecule has 0 aromatic carbocycles. The van der Waals surface area contributed by atoms with Crippen LogP contribution in [0.1, 0.15) is 52.4 Å². The molecule has 27 heavy (non-hydrogen) atoms. The highest BCUT2D eigenvalue weighted by Crippen LogP contribution is 2.60. The zero-order valence-corrected chi connectivity index (χ0v) is 16.4. The second kappa shape index (κ2) is 7.55. The molecular weight excluding hydrogens is 348 g/mol. The molecule has 2 aliphatic carbocycles. The number of fused-ring (bicyclic) bond motifs is 1. The molecule has 6 unspecified atom stereocenters. The number of carbonyl (C=O) groups is 2. The fourth-order valence-electron chi connectivity index (χ4n) is 5.93. The molecule has 6 heteroatoms. The molecule has 0 aromatic heterocycles. The van der Waals surface area contributed by atoms with E-state index in [0.717, 1.165) is 37.7 Å². The first-order valence-electron chi connectivity index (χ1n) is 10.0. The second-order valence-electron chi connectivity index (χ2n) is 9.13. The van der Waals surface area contributed by atoms with E-state index in [4.69, 9.17) is 9.47 Å². The van der Waals surface area contributed by atoms with E-state index in [-0.39, 0.29) is 36.6 Å². The van der Waals surface area contributed by atoms with Gasteiger partial charge in [-0.05, 0) is 48.9 Å². The van der Waals surface area contributed by atoms with E-state index in [2.05, 4.69) is 20.4 Å². The van der Waals surface area contributed by atoms with Gasteiger partial charge in [-0.2, -0.15) is 0 Å². The minimum Gasteiger partial charge on any atom is -0.479 e. The molecule has 152 valence electrons. The first kappa shape index (κ1) is 20.3. The Balaban J connectivity index is 1.78. The summed E-state index contributed by atoms with van der Waals surface area (Å²) in [7, 11) is 0. The van der Waals surface area contributed by atoms with Crippen LogP contribution in [0.4, 0.5) is 0 Å². The predicted octanol–water partition coefficient (Wildman–Crippen LogP) is 2.79. The summed E-state index contributed by atoms with van der Waals surface area (Å²) < 4.78 is 10.8. The van der Waals surface area contributed by atoms with Crippen LogP contribution in [0, 0.1) is 28.6 Å². The molecule has 3 aliphatic rings. The Morgan fingerprint density at radius 3 is 2.70 bits per heavy atom. The first-order chi connectivity index (χ1) is 12.7. The number of hydrogen-bond acceptors (Lipinski definition) is 5. The number of aliphatic carboxylic acids is 1. The Bertz CT molecular complexity index is 616. The zero-order chi connectivity index (χ0) is 19.8. The minimum atomic E-state index is -1.18. The predicted molar refractivity (Wildman–Crippen MR) is 98.9 cm³/mol. The molecule has 0 bridgehead atoms. The topological polar surface area (TPSA) is 93.1 Å². The maximum Gasteiger partial charge on any atom is 0.333 e. The number of rotatable bonds is 6. The fourth-order valence-corrected chi connectivity index (χ4v) is 5.93. The number of hydrogen-bond donors (Lipinski definition) is 2.